The molecule has 6 heteroatoms. The van der Waals surface area contributed by atoms with Gasteiger partial charge in [0.05, 0.1) is 11.1 Å². The Kier molecular flexibility index (Phi) is 3.96. The van der Waals surface area contributed by atoms with Crippen LogP contribution in [0.2, 0.25) is 0 Å². The third kappa shape index (κ3) is 2.85. The van der Waals surface area contributed by atoms with Crippen LogP contribution in [-0.4, -0.2) is 17.9 Å². The number of carbonyl (C=O) groups excluding carboxylic acids is 1. The highest BCUT2D eigenvalue weighted by Gasteiger charge is 2.20. The van der Waals surface area contributed by atoms with Crippen LogP contribution in [0.25, 0.3) is 21.8 Å². The molecule has 1 N–H and O–H groups in total. The highest BCUT2D eigenvalue weighted by molar-refractivity contribution is 6.14. The first-order valence-corrected chi connectivity index (χ1v) is 8.23. The maximum atomic E-state index is 14.2. The summed E-state index contributed by atoms with van der Waals surface area (Å²) >= 11 is 0. The quantitative estimate of drug-likeness (QED) is 0.541. The van der Waals surface area contributed by atoms with E-state index in [0.717, 1.165) is 18.2 Å². The average molecular weight is 364 g/mol. The molecule has 0 fully saturated rings. The second kappa shape index (κ2) is 6.32. The van der Waals surface area contributed by atoms with E-state index in [1.165, 1.54) is 17.0 Å². The molecular weight excluding hydrogens is 350 g/mol. The Morgan fingerprint density at radius 2 is 1.63 bits per heavy atom. The summed E-state index contributed by atoms with van der Waals surface area (Å²) < 4.78 is 27.7. The van der Waals surface area contributed by atoms with Crippen LogP contribution in [0.15, 0.2) is 65.5 Å². The van der Waals surface area contributed by atoms with Gasteiger partial charge in [-0.25, -0.2) is 8.78 Å². The van der Waals surface area contributed by atoms with E-state index in [1.54, 1.807) is 31.3 Å². The minimum Gasteiger partial charge on any atom is -0.354 e. The molecule has 0 aliphatic rings. The summed E-state index contributed by atoms with van der Waals surface area (Å²) in [4.78, 5) is 30.1. The van der Waals surface area contributed by atoms with Crippen LogP contribution in [0.3, 0.4) is 0 Å². The summed E-state index contributed by atoms with van der Waals surface area (Å²) in [6, 6.07) is 14.8. The number of amides is 1. The molecule has 1 heterocycles. The zero-order valence-electron chi connectivity index (χ0n) is 14.3. The number of fused-ring (bicyclic) bond motifs is 2. The van der Waals surface area contributed by atoms with Gasteiger partial charge in [-0.05, 0) is 42.5 Å². The number of aromatic nitrogens is 1. The van der Waals surface area contributed by atoms with Gasteiger partial charge in [-0.15, -0.1) is 0 Å². The van der Waals surface area contributed by atoms with Crippen LogP contribution < -0.4 is 10.3 Å². The third-order valence-corrected chi connectivity index (χ3v) is 4.51. The molecule has 0 unspecified atom stereocenters. The van der Waals surface area contributed by atoms with E-state index in [4.69, 9.17) is 0 Å². The van der Waals surface area contributed by atoms with Crippen molar-refractivity contribution < 1.29 is 13.6 Å². The fourth-order valence-electron chi connectivity index (χ4n) is 3.13. The number of rotatable bonds is 2. The van der Waals surface area contributed by atoms with Crippen molar-refractivity contribution in [3.63, 3.8) is 0 Å². The molecule has 0 atom stereocenters. The summed E-state index contributed by atoms with van der Waals surface area (Å²) in [5, 5.41) is 0.0980. The van der Waals surface area contributed by atoms with E-state index in [1.807, 2.05) is 6.07 Å². The zero-order valence-corrected chi connectivity index (χ0v) is 14.3. The molecule has 4 rings (SSSR count). The topological polar surface area (TPSA) is 53.2 Å². The Bertz CT molecular complexity index is 1250. The molecule has 0 spiro atoms. The van der Waals surface area contributed by atoms with Crippen LogP contribution >= 0.6 is 0 Å². The predicted molar refractivity (Wildman–Crippen MR) is 101 cm³/mol. The molecule has 0 saturated carbocycles. The van der Waals surface area contributed by atoms with Crippen molar-refractivity contribution in [3.05, 3.63) is 88.1 Å². The first kappa shape index (κ1) is 16.9. The number of nitrogens with one attached hydrogen (secondary N) is 1. The number of halogens is 2. The molecule has 4 aromatic rings. The first-order chi connectivity index (χ1) is 13.0. The van der Waals surface area contributed by atoms with E-state index in [-0.39, 0.29) is 21.9 Å². The number of H-pyrrole nitrogens is 1. The Balaban J connectivity index is 1.98. The van der Waals surface area contributed by atoms with Gasteiger partial charge in [0, 0.05) is 29.0 Å². The third-order valence-electron chi connectivity index (χ3n) is 4.51. The van der Waals surface area contributed by atoms with Gasteiger partial charge in [0.25, 0.3) is 5.91 Å². The molecule has 4 nitrogen and oxygen atoms in total. The maximum absolute atomic E-state index is 14.2. The highest BCUT2D eigenvalue weighted by atomic mass is 19.1. The van der Waals surface area contributed by atoms with Gasteiger partial charge in [0.1, 0.15) is 11.6 Å². The molecule has 1 aromatic heterocycles. The van der Waals surface area contributed by atoms with Gasteiger partial charge in [0.2, 0.25) is 0 Å². The molecule has 1 amide bonds. The second-order valence-electron chi connectivity index (χ2n) is 6.22. The Hall–Kier alpha value is -3.54. The minimum atomic E-state index is -0.714. The van der Waals surface area contributed by atoms with Crippen molar-refractivity contribution in [2.24, 2.45) is 0 Å². The molecule has 0 radical (unpaired) electrons. The summed E-state index contributed by atoms with van der Waals surface area (Å²) in [6.07, 6.45) is 0. The largest absolute Gasteiger partial charge is 0.354 e. The first-order valence-electron chi connectivity index (χ1n) is 8.23. The van der Waals surface area contributed by atoms with Crippen LogP contribution in [0.1, 0.15) is 10.4 Å². The summed E-state index contributed by atoms with van der Waals surface area (Å²) in [5.74, 6) is -1.75. The van der Waals surface area contributed by atoms with E-state index in [2.05, 4.69) is 4.98 Å². The lowest BCUT2D eigenvalue weighted by atomic mass is 10.0. The van der Waals surface area contributed by atoms with Gasteiger partial charge in [-0.1, -0.05) is 18.2 Å². The number of nitrogens with zero attached hydrogens (tertiary/aromatic N) is 1. The molecule has 0 bridgehead atoms. The highest BCUT2D eigenvalue weighted by Crippen LogP contribution is 2.23. The summed E-state index contributed by atoms with van der Waals surface area (Å²) in [5.41, 5.74) is 0.712. The molecule has 27 heavy (non-hydrogen) atoms. The zero-order chi connectivity index (χ0) is 19.1. The Morgan fingerprint density at radius 1 is 0.926 bits per heavy atom. The number of hydrogen-bond donors (Lipinski definition) is 1. The van der Waals surface area contributed by atoms with E-state index < -0.39 is 23.0 Å². The fourth-order valence-corrected chi connectivity index (χ4v) is 3.13. The Morgan fingerprint density at radius 3 is 2.37 bits per heavy atom. The lowest BCUT2D eigenvalue weighted by molar-refractivity contribution is 0.0994. The van der Waals surface area contributed by atoms with Crippen LogP contribution in [0, 0.1) is 11.6 Å². The number of para-hydroxylation sites is 1. The van der Waals surface area contributed by atoms with E-state index >= 15 is 0 Å². The molecule has 0 aliphatic heterocycles. The number of pyridine rings is 1. The number of anilines is 1. The van der Waals surface area contributed by atoms with Gasteiger partial charge in [-0.2, -0.15) is 0 Å². The standard InChI is InChI=1S/C21H14F2N2O2/c1-25(14-5-3-2-4-6-14)21(27)17-11-13(23)10-16-19(17)24-18-8-7-12(22)9-15(18)20(16)26/h2-11H,1H3,(H,24,26). The fraction of sp³-hybridized carbons (Fsp3) is 0.0476. The van der Waals surface area contributed by atoms with Crippen molar-refractivity contribution >= 4 is 33.4 Å². The lowest BCUT2D eigenvalue weighted by Crippen LogP contribution is -2.27. The minimum absolute atomic E-state index is 0.00193. The smallest absolute Gasteiger partial charge is 0.260 e. The van der Waals surface area contributed by atoms with Gasteiger partial charge >= 0.3 is 0 Å². The molecule has 3 aromatic carbocycles. The van der Waals surface area contributed by atoms with Crippen LogP contribution in [0.4, 0.5) is 14.5 Å². The Labute approximate surface area is 152 Å². The molecular formula is C21H14F2N2O2. The lowest BCUT2D eigenvalue weighted by Gasteiger charge is -2.18. The monoisotopic (exact) mass is 364 g/mol. The number of aromatic amines is 1. The van der Waals surface area contributed by atoms with Crippen LogP contribution in [-0.2, 0) is 0 Å². The van der Waals surface area contributed by atoms with Crippen molar-refractivity contribution in [2.45, 2.75) is 0 Å². The van der Waals surface area contributed by atoms with Crippen molar-refractivity contribution in [3.8, 4) is 0 Å². The van der Waals surface area contributed by atoms with E-state index in [0.29, 0.717) is 11.2 Å². The number of benzene rings is 3. The second-order valence-corrected chi connectivity index (χ2v) is 6.22. The van der Waals surface area contributed by atoms with Gasteiger partial charge in [-0.3, -0.25) is 9.59 Å². The average Bonchev–Trinajstić information content (AvgIpc) is 2.68. The normalized spacial score (nSPS) is 11.1. The molecule has 134 valence electrons. The maximum Gasteiger partial charge on any atom is 0.260 e. The predicted octanol–water partition coefficient (Wildman–Crippen LogP) is 4.24. The summed E-state index contributed by atoms with van der Waals surface area (Å²) in [6.45, 7) is 0. The van der Waals surface area contributed by atoms with Crippen molar-refractivity contribution in [2.75, 3.05) is 11.9 Å². The van der Waals surface area contributed by atoms with Crippen LogP contribution in [0.5, 0.6) is 0 Å². The van der Waals surface area contributed by atoms with Crippen molar-refractivity contribution in [1.29, 1.82) is 0 Å². The van der Waals surface area contributed by atoms with E-state index in [9.17, 15) is 18.4 Å². The van der Waals surface area contributed by atoms with Gasteiger partial charge in [0.15, 0.2) is 5.43 Å². The SMILES string of the molecule is CN(C(=O)c1cc(F)cc2c(=O)c3cc(F)ccc3[nH]c12)c1ccccc1. The number of carbonyl (C=O) groups is 1. The number of hydrogen-bond acceptors (Lipinski definition) is 2. The van der Waals surface area contributed by atoms with Crippen molar-refractivity contribution in [1.82, 2.24) is 4.98 Å². The molecule has 0 aliphatic carbocycles. The molecule has 0 saturated heterocycles. The summed E-state index contributed by atoms with van der Waals surface area (Å²) in [7, 11) is 1.57. The van der Waals surface area contributed by atoms with Gasteiger partial charge < -0.3 is 9.88 Å².